The van der Waals surface area contributed by atoms with Gasteiger partial charge in [0.15, 0.2) is 5.82 Å². The Bertz CT molecular complexity index is 870. The van der Waals surface area contributed by atoms with Gasteiger partial charge >= 0.3 is 0 Å². The summed E-state index contributed by atoms with van der Waals surface area (Å²) in [5.41, 5.74) is 0. The SMILES string of the molecule is CN1CCNCC1c1noc(C2CCCN(S(=O)(=O)c3ccccc3)C2)n1. The zero-order valence-electron chi connectivity index (χ0n) is 15.4. The molecule has 0 saturated carbocycles. The molecule has 1 aromatic heterocycles. The molecular formula is C18H25N5O3S. The van der Waals surface area contributed by atoms with E-state index in [1.165, 1.54) is 4.31 Å². The first-order valence-electron chi connectivity index (χ1n) is 9.35. The van der Waals surface area contributed by atoms with E-state index in [-0.39, 0.29) is 12.0 Å². The molecule has 1 aromatic carbocycles. The molecule has 1 N–H and O–H groups in total. The molecule has 2 aliphatic rings. The van der Waals surface area contributed by atoms with Gasteiger partial charge in [0.1, 0.15) is 0 Å². The van der Waals surface area contributed by atoms with Crippen LogP contribution in [0.5, 0.6) is 0 Å². The third-order valence-electron chi connectivity index (χ3n) is 5.38. The highest BCUT2D eigenvalue weighted by atomic mass is 32.2. The van der Waals surface area contributed by atoms with E-state index in [2.05, 4.69) is 27.4 Å². The topological polar surface area (TPSA) is 91.6 Å². The van der Waals surface area contributed by atoms with E-state index in [0.29, 0.717) is 29.7 Å². The number of sulfonamides is 1. The Morgan fingerprint density at radius 2 is 2.04 bits per heavy atom. The monoisotopic (exact) mass is 391 g/mol. The molecule has 8 nitrogen and oxygen atoms in total. The van der Waals surface area contributed by atoms with E-state index in [4.69, 9.17) is 4.52 Å². The van der Waals surface area contributed by atoms with Crippen LogP contribution in [0.1, 0.15) is 36.5 Å². The number of benzene rings is 1. The largest absolute Gasteiger partial charge is 0.339 e. The fourth-order valence-corrected chi connectivity index (χ4v) is 5.29. The van der Waals surface area contributed by atoms with Crippen molar-refractivity contribution in [3.8, 4) is 0 Å². The number of hydrogen-bond donors (Lipinski definition) is 1. The van der Waals surface area contributed by atoms with E-state index in [1.807, 2.05) is 6.07 Å². The smallest absolute Gasteiger partial charge is 0.243 e. The minimum absolute atomic E-state index is 0.0691. The summed E-state index contributed by atoms with van der Waals surface area (Å²) >= 11 is 0. The van der Waals surface area contributed by atoms with E-state index >= 15 is 0 Å². The van der Waals surface area contributed by atoms with Gasteiger partial charge in [-0.15, -0.1) is 0 Å². The van der Waals surface area contributed by atoms with Crippen LogP contribution in [0.15, 0.2) is 39.8 Å². The number of nitrogens with one attached hydrogen (secondary N) is 1. The molecule has 2 unspecified atom stereocenters. The molecule has 0 radical (unpaired) electrons. The van der Waals surface area contributed by atoms with Crippen LogP contribution in [0.4, 0.5) is 0 Å². The van der Waals surface area contributed by atoms with Crippen molar-refractivity contribution in [1.29, 1.82) is 0 Å². The molecule has 2 aliphatic heterocycles. The highest BCUT2D eigenvalue weighted by molar-refractivity contribution is 7.89. The molecule has 3 heterocycles. The molecular weight excluding hydrogens is 366 g/mol. The van der Waals surface area contributed by atoms with Crippen LogP contribution in [-0.4, -0.2) is 67.5 Å². The zero-order valence-corrected chi connectivity index (χ0v) is 16.2. The first-order valence-corrected chi connectivity index (χ1v) is 10.8. The molecule has 0 aliphatic carbocycles. The summed E-state index contributed by atoms with van der Waals surface area (Å²) in [4.78, 5) is 7.15. The lowest BCUT2D eigenvalue weighted by Crippen LogP contribution is -2.44. The van der Waals surface area contributed by atoms with E-state index < -0.39 is 10.0 Å². The van der Waals surface area contributed by atoms with Gasteiger partial charge in [0.2, 0.25) is 15.9 Å². The number of hydrogen-bond acceptors (Lipinski definition) is 7. The summed E-state index contributed by atoms with van der Waals surface area (Å²) in [5.74, 6) is 1.14. The summed E-state index contributed by atoms with van der Waals surface area (Å²) < 4.78 is 32.9. The predicted molar refractivity (Wildman–Crippen MR) is 99.7 cm³/mol. The Labute approximate surface area is 159 Å². The molecule has 2 fully saturated rings. The molecule has 0 spiro atoms. The van der Waals surface area contributed by atoms with Crippen LogP contribution in [-0.2, 0) is 10.0 Å². The lowest BCUT2D eigenvalue weighted by Gasteiger charge is -2.31. The average molecular weight is 391 g/mol. The van der Waals surface area contributed by atoms with Crippen LogP contribution in [0.25, 0.3) is 0 Å². The van der Waals surface area contributed by atoms with Crippen molar-refractivity contribution in [3.05, 3.63) is 42.0 Å². The van der Waals surface area contributed by atoms with Crippen LogP contribution in [0.2, 0.25) is 0 Å². The summed E-state index contributed by atoms with van der Waals surface area (Å²) in [6, 6.07) is 8.66. The van der Waals surface area contributed by atoms with Crippen molar-refractivity contribution in [2.75, 3.05) is 39.8 Å². The molecule has 9 heteroatoms. The molecule has 2 aromatic rings. The number of piperidine rings is 1. The average Bonchev–Trinajstić information content (AvgIpc) is 3.19. The normalized spacial score (nSPS) is 25.5. The van der Waals surface area contributed by atoms with Gasteiger partial charge in [-0.3, -0.25) is 4.90 Å². The first kappa shape index (κ1) is 18.5. The first-order chi connectivity index (χ1) is 13.1. The highest BCUT2D eigenvalue weighted by Crippen LogP contribution is 2.30. The van der Waals surface area contributed by atoms with E-state index in [9.17, 15) is 8.42 Å². The number of rotatable bonds is 4. The fourth-order valence-electron chi connectivity index (χ4n) is 3.75. The van der Waals surface area contributed by atoms with Crippen molar-refractivity contribution in [2.45, 2.75) is 29.7 Å². The van der Waals surface area contributed by atoms with Gasteiger partial charge in [-0.25, -0.2) is 8.42 Å². The van der Waals surface area contributed by atoms with Crippen molar-refractivity contribution in [3.63, 3.8) is 0 Å². The number of nitrogens with zero attached hydrogens (tertiary/aromatic N) is 4. The zero-order chi connectivity index (χ0) is 18.9. The van der Waals surface area contributed by atoms with Gasteiger partial charge in [-0.1, -0.05) is 23.4 Å². The van der Waals surface area contributed by atoms with Crippen molar-refractivity contribution < 1.29 is 12.9 Å². The van der Waals surface area contributed by atoms with Crippen LogP contribution < -0.4 is 5.32 Å². The number of piperazine rings is 1. The summed E-state index contributed by atoms with van der Waals surface area (Å²) in [5, 5.41) is 7.52. The van der Waals surface area contributed by atoms with Gasteiger partial charge < -0.3 is 9.84 Å². The maximum absolute atomic E-state index is 12.9. The molecule has 27 heavy (non-hydrogen) atoms. The lowest BCUT2D eigenvalue weighted by molar-refractivity contribution is 0.190. The summed E-state index contributed by atoms with van der Waals surface area (Å²) in [6.45, 7) is 3.56. The quantitative estimate of drug-likeness (QED) is 0.838. The third kappa shape index (κ3) is 3.77. The predicted octanol–water partition coefficient (Wildman–Crippen LogP) is 1.21. The minimum atomic E-state index is -3.50. The van der Waals surface area contributed by atoms with Crippen LogP contribution in [0.3, 0.4) is 0 Å². The van der Waals surface area contributed by atoms with Gasteiger partial charge in [-0.2, -0.15) is 9.29 Å². The second-order valence-corrected chi connectivity index (χ2v) is 9.14. The van der Waals surface area contributed by atoms with Crippen LogP contribution >= 0.6 is 0 Å². The van der Waals surface area contributed by atoms with Gasteiger partial charge in [0, 0.05) is 32.7 Å². The van der Waals surface area contributed by atoms with E-state index in [0.717, 1.165) is 32.5 Å². The molecule has 0 bridgehead atoms. The fraction of sp³-hybridized carbons (Fsp3) is 0.556. The van der Waals surface area contributed by atoms with Crippen molar-refractivity contribution in [2.24, 2.45) is 0 Å². The maximum atomic E-state index is 12.9. The number of aromatic nitrogens is 2. The maximum Gasteiger partial charge on any atom is 0.243 e. The Morgan fingerprint density at radius 1 is 1.22 bits per heavy atom. The Balaban J connectivity index is 1.50. The lowest BCUT2D eigenvalue weighted by atomic mass is 10.00. The third-order valence-corrected chi connectivity index (χ3v) is 7.26. The Hall–Kier alpha value is -1.81. The standard InChI is InChI=1S/C18H25N5O3S/c1-22-11-9-19-12-16(22)17-20-18(26-21-17)14-6-5-10-23(13-14)27(24,25)15-7-3-2-4-8-15/h2-4,7-8,14,16,19H,5-6,9-13H2,1H3. The van der Waals surface area contributed by atoms with Gasteiger partial charge in [0.25, 0.3) is 0 Å². The van der Waals surface area contributed by atoms with Crippen molar-refractivity contribution >= 4 is 10.0 Å². The Morgan fingerprint density at radius 3 is 2.81 bits per heavy atom. The van der Waals surface area contributed by atoms with Gasteiger partial charge in [0.05, 0.1) is 16.9 Å². The minimum Gasteiger partial charge on any atom is -0.339 e. The highest BCUT2D eigenvalue weighted by Gasteiger charge is 2.34. The summed E-state index contributed by atoms with van der Waals surface area (Å²) in [6.07, 6.45) is 1.63. The molecule has 2 atom stereocenters. The van der Waals surface area contributed by atoms with Gasteiger partial charge in [-0.05, 0) is 32.0 Å². The number of likely N-dealkylation sites (N-methyl/N-ethyl adjacent to an activating group) is 1. The second-order valence-electron chi connectivity index (χ2n) is 7.21. The summed E-state index contributed by atoms with van der Waals surface area (Å²) in [7, 11) is -1.45. The van der Waals surface area contributed by atoms with Crippen molar-refractivity contribution in [1.82, 2.24) is 24.7 Å². The second kappa shape index (κ2) is 7.67. The molecule has 2 saturated heterocycles. The Kier molecular flexibility index (Phi) is 5.27. The van der Waals surface area contributed by atoms with E-state index in [1.54, 1.807) is 24.3 Å². The molecule has 146 valence electrons. The molecule has 4 rings (SSSR count). The van der Waals surface area contributed by atoms with Crippen LogP contribution in [0, 0.1) is 0 Å². The molecule has 0 amide bonds.